The molecule has 5 nitrogen and oxygen atoms in total. The van der Waals surface area contributed by atoms with Gasteiger partial charge in [-0.3, -0.25) is 9.59 Å². The van der Waals surface area contributed by atoms with Crippen molar-refractivity contribution in [1.29, 1.82) is 0 Å². The molecule has 0 saturated carbocycles. The Labute approximate surface area is 185 Å². The van der Waals surface area contributed by atoms with Crippen LogP contribution in [0.3, 0.4) is 0 Å². The summed E-state index contributed by atoms with van der Waals surface area (Å²) in [5, 5.41) is 3.91. The lowest BCUT2D eigenvalue weighted by atomic mass is 9.76. The van der Waals surface area contributed by atoms with Gasteiger partial charge in [-0.05, 0) is 30.9 Å². The van der Waals surface area contributed by atoms with Gasteiger partial charge in [-0.25, -0.2) is 4.98 Å². The third kappa shape index (κ3) is 3.83. The van der Waals surface area contributed by atoms with Crippen molar-refractivity contribution in [2.45, 2.75) is 43.0 Å². The molecular weight excluding hydrogens is 406 g/mol. The molecular formula is C25H23N3O2S. The molecule has 3 aromatic rings. The summed E-state index contributed by atoms with van der Waals surface area (Å²) in [6.07, 6.45) is 2.14. The number of rotatable bonds is 4. The van der Waals surface area contributed by atoms with Gasteiger partial charge in [0.25, 0.3) is 5.56 Å². The zero-order valence-electron chi connectivity index (χ0n) is 17.3. The van der Waals surface area contributed by atoms with Crippen LogP contribution in [0, 0.1) is 6.92 Å². The maximum atomic E-state index is 13.2. The number of aromatic amines is 1. The second-order valence-electron chi connectivity index (χ2n) is 8.05. The van der Waals surface area contributed by atoms with Gasteiger partial charge in [0, 0.05) is 29.4 Å². The molecule has 2 N–H and O–H groups in total. The van der Waals surface area contributed by atoms with Crippen molar-refractivity contribution in [3.63, 3.8) is 0 Å². The summed E-state index contributed by atoms with van der Waals surface area (Å²) in [6, 6.07) is 18.2. The van der Waals surface area contributed by atoms with Crippen LogP contribution in [0.5, 0.6) is 0 Å². The van der Waals surface area contributed by atoms with E-state index in [-0.39, 0.29) is 17.3 Å². The topological polar surface area (TPSA) is 74.8 Å². The molecule has 1 aliphatic heterocycles. The summed E-state index contributed by atoms with van der Waals surface area (Å²) in [6.45, 7) is 2.03. The summed E-state index contributed by atoms with van der Waals surface area (Å²) in [4.78, 5) is 33.8. The molecule has 0 bridgehead atoms. The van der Waals surface area contributed by atoms with E-state index in [1.807, 2.05) is 49.4 Å². The standard InChI is InChI=1S/C25H23N3O2S/c1-15-10-12-17(13-11-15)20-21-18(8-5-9-19(21)29)26-23-22(20)24(30)28-25(27-23)31-14-16-6-3-2-4-7-16/h2-4,6-7,10-13,20H,5,8-9,14H2,1H3,(H2,26,27,28,30). The maximum Gasteiger partial charge on any atom is 0.257 e. The minimum absolute atomic E-state index is 0.118. The van der Waals surface area contributed by atoms with Crippen molar-refractivity contribution in [3.05, 3.63) is 98.5 Å². The van der Waals surface area contributed by atoms with Crippen LogP contribution in [0.4, 0.5) is 5.82 Å². The van der Waals surface area contributed by atoms with Gasteiger partial charge in [0.1, 0.15) is 5.82 Å². The molecule has 1 aliphatic carbocycles. The number of hydrogen-bond acceptors (Lipinski definition) is 5. The molecule has 0 fully saturated rings. The van der Waals surface area contributed by atoms with Gasteiger partial charge in [-0.15, -0.1) is 0 Å². The van der Waals surface area contributed by atoms with Crippen LogP contribution in [0.15, 0.2) is 75.8 Å². The van der Waals surface area contributed by atoms with E-state index in [4.69, 9.17) is 4.98 Å². The number of ketones is 1. The first kappa shape index (κ1) is 19.8. The third-order valence-electron chi connectivity index (χ3n) is 5.87. The van der Waals surface area contributed by atoms with E-state index in [1.165, 1.54) is 17.3 Å². The van der Waals surface area contributed by atoms with Crippen LogP contribution in [-0.4, -0.2) is 15.8 Å². The second kappa shape index (κ2) is 8.19. The lowest BCUT2D eigenvalue weighted by molar-refractivity contribution is -0.116. The Morgan fingerprint density at radius 1 is 1.03 bits per heavy atom. The Hall–Kier alpha value is -3.12. The van der Waals surface area contributed by atoms with Crippen LogP contribution < -0.4 is 10.9 Å². The molecule has 6 heteroatoms. The van der Waals surface area contributed by atoms with E-state index < -0.39 is 0 Å². The predicted molar refractivity (Wildman–Crippen MR) is 123 cm³/mol. The van der Waals surface area contributed by atoms with Gasteiger partial charge in [-0.2, -0.15) is 0 Å². The number of thioether (sulfide) groups is 1. The highest BCUT2D eigenvalue weighted by molar-refractivity contribution is 7.98. The summed E-state index contributed by atoms with van der Waals surface area (Å²) in [5.41, 5.74) is 5.23. The first-order valence-corrected chi connectivity index (χ1v) is 11.5. The Balaban J connectivity index is 1.57. The number of anilines is 1. The van der Waals surface area contributed by atoms with Crippen LogP contribution >= 0.6 is 11.8 Å². The molecule has 156 valence electrons. The van der Waals surface area contributed by atoms with Gasteiger partial charge in [0.15, 0.2) is 10.9 Å². The molecule has 0 radical (unpaired) electrons. The number of allylic oxidation sites excluding steroid dienone is 2. The second-order valence-corrected chi connectivity index (χ2v) is 9.01. The average Bonchev–Trinajstić information content (AvgIpc) is 2.78. The van der Waals surface area contributed by atoms with Crippen LogP contribution in [-0.2, 0) is 10.5 Å². The van der Waals surface area contributed by atoms with Gasteiger partial charge in [-0.1, -0.05) is 71.9 Å². The van der Waals surface area contributed by atoms with Gasteiger partial charge in [0.05, 0.1) is 5.56 Å². The zero-order chi connectivity index (χ0) is 21.4. The highest BCUT2D eigenvalue weighted by atomic mass is 32.2. The van der Waals surface area contributed by atoms with Crippen molar-refractivity contribution in [3.8, 4) is 0 Å². The minimum Gasteiger partial charge on any atom is -0.343 e. The normalized spacial score (nSPS) is 17.7. The number of H-pyrrole nitrogens is 1. The van der Waals surface area contributed by atoms with Crippen molar-refractivity contribution in [2.24, 2.45) is 0 Å². The number of aryl methyl sites for hydroxylation is 1. The zero-order valence-corrected chi connectivity index (χ0v) is 18.1. The molecule has 1 aromatic heterocycles. The highest BCUT2D eigenvalue weighted by Gasteiger charge is 2.37. The van der Waals surface area contributed by atoms with E-state index in [0.717, 1.165) is 41.0 Å². The monoisotopic (exact) mass is 429 g/mol. The Morgan fingerprint density at radius 3 is 2.58 bits per heavy atom. The molecule has 0 spiro atoms. The summed E-state index contributed by atoms with van der Waals surface area (Å²) in [5.74, 6) is 1.02. The number of carbonyl (C=O) groups excluding carboxylic acids is 1. The van der Waals surface area contributed by atoms with E-state index in [1.54, 1.807) is 0 Å². The first-order chi connectivity index (χ1) is 15.1. The SMILES string of the molecule is Cc1ccc(C2C3=C(CCCC3=O)Nc3nc(SCc4ccccc4)[nH]c(=O)c32)cc1. The third-order valence-corrected chi connectivity index (χ3v) is 6.81. The first-order valence-electron chi connectivity index (χ1n) is 10.5. The van der Waals surface area contributed by atoms with E-state index >= 15 is 0 Å². The van der Waals surface area contributed by atoms with E-state index in [9.17, 15) is 9.59 Å². The molecule has 1 atom stereocenters. The molecule has 2 aliphatic rings. The van der Waals surface area contributed by atoms with Crippen molar-refractivity contribution in [1.82, 2.24) is 9.97 Å². The summed E-state index contributed by atoms with van der Waals surface area (Å²) >= 11 is 1.50. The fourth-order valence-electron chi connectivity index (χ4n) is 4.33. The fourth-order valence-corrected chi connectivity index (χ4v) is 5.14. The van der Waals surface area contributed by atoms with E-state index in [0.29, 0.717) is 23.0 Å². The van der Waals surface area contributed by atoms with E-state index in [2.05, 4.69) is 22.4 Å². The minimum atomic E-state index is -0.385. The Morgan fingerprint density at radius 2 is 1.81 bits per heavy atom. The quantitative estimate of drug-likeness (QED) is 0.454. The molecule has 0 saturated heterocycles. The van der Waals surface area contributed by atoms with Crippen molar-refractivity contribution in [2.75, 3.05) is 5.32 Å². The highest BCUT2D eigenvalue weighted by Crippen LogP contribution is 2.43. The lowest BCUT2D eigenvalue weighted by Crippen LogP contribution is -2.32. The lowest BCUT2D eigenvalue weighted by Gasteiger charge is -2.32. The molecule has 2 heterocycles. The van der Waals surface area contributed by atoms with Crippen LogP contribution in [0.1, 0.15) is 47.4 Å². The molecule has 0 amide bonds. The van der Waals surface area contributed by atoms with Gasteiger partial charge < -0.3 is 10.3 Å². The number of Topliss-reactive ketones (excluding diaryl/α,β-unsaturated/α-hetero) is 1. The van der Waals surface area contributed by atoms with Gasteiger partial charge in [0.2, 0.25) is 0 Å². The average molecular weight is 430 g/mol. The number of nitrogens with one attached hydrogen (secondary N) is 2. The molecule has 2 aromatic carbocycles. The molecule has 5 rings (SSSR count). The number of nitrogens with zero attached hydrogens (tertiary/aromatic N) is 1. The summed E-state index contributed by atoms with van der Waals surface area (Å²) < 4.78 is 0. The summed E-state index contributed by atoms with van der Waals surface area (Å²) in [7, 11) is 0. The molecule has 31 heavy (non-hydrogen) atoms. The number of hydrogen-bond donors (Lipinski definition) is 2. The smallest absolute Gasteiger partial charge is 0.257 e. The number of benzene rings is 2. The molecule has 1 unspecified atom stereocenters. The van der Waals surface area contributed by atoms with Crippen molar-refractivity contribution >= 4 is 23.4 Å². The maximum absolute atomic E-state index is 13.2. The van der Waals surface area contributed by atoms with Gasteiger partial charge >= 0.3 is 0 Å². The number of carbonyl (C=O) groups is 1. The van der Waals surface area contributed by atoms with Crippen LogP contribution in [0.25, 0.3) is 0 Å². The number of aromatic nitrogens is 2. The number of fused-ring (bicyclic) bond motifs is 1. The largest absolute Gasteiger partial charge is 0.343 e. The predicted octanol–water partition coefficient (Wildman–Crippen LogP) is 4.94. The van der Waals surface area contributed by atoms with Crippen LogP contribution in [0.2, 0.25) is 0 Å². The Kier molecular flexibility index (Phi) is 5.24. The Bertz CT molecular complexity index is 1230. The fraction of sp³-hybridized carbons (Fsp3) is 0.240. The van der Waals surface area contributed by atoms with Crippen molar-refractivity contribution < 1.29 is 4.79 Å².